The molecule has 3 N–H and O–H groups in total. The summed E-state index contributed by atoms with van der Waals surface area (Å²) in [7, 11) is -3.71. The van der Waals surface area contributed by atoms with Gasteiger partial charge in [0.2, 0.25) is 10.0 Å². The minimum atomic E-state index is -3.71. The molecule has 1 aliphatic carbocycles. The molecule has 0 unspecified atom stereocenters. The van der Waals surface area contributed by atoms with Gasteiger partial charge >= 0.3 is 20.1 Å². The Kier molecular flexibility index (Phi) is 11.7. The Hall–Kier alpha value is -1.82. The second-order valence-corrected chi connectivity index (χ2v) is 11.1. The van der Waals surface area contributed by atoms with Gasteiger partial charge in [0.1, 0.15) is 0 Å². The van der Waals surface area contributed by atoms with Crippen LogP contribution in [0.15, 0.2) is 89.8 Å². The molecule has 4 rings (SSSR count). The van der Waals surface area contributed by atoms with Crippen molar-refractivity contribution in [3.63, 3.8) is 0 Å². The molecular formula is C31H37IrN2O2S+3. The molecule has 2 atom stereocenters. The summed E-state index contributed by atoms with van der Waals surface area (Å²) < 4.78 is 28.6. The van der Waals surface area contributed by atoms with Crippen LogP contribution >= 0.6 is 0 Å². The van der Waals surface area contributed by atoms with Crippen LogP contribution in [0, 0.1) is 36.5 Å². The van der Waals surface area contributed by atoms with Gasteiger partial charge in [0.25, 0.3) is 0 Å². The molecule has 0 saturated heterocycles. The molecule has 1 aliphatic rings. The van der Waals surface area contributed by atoms with E-state index in [-0.39, 0.29) is 25.0 Å². The number of rotatable bonds is 6. The van der Waals surface area contributed by atoms with E-state index >= 15 is 0 Å². The smallest absolute Gasteiger partial charge is 0.322 e. The number of sulfonamides is 1. The zero-order chi connectivity index (χ0) is 26.5. The second-order valence-electron chi connectivity index (χ2n) is 9.38. The van der Waals surface area contributed by atoms with Crippen molar-refractivity contribution in [1.82, 2.24) is 4.72 Å². The average molecular weight is 694 g/mol. The van der Waals surface area contributed by atoms with E-state index < -0.39 is 22.1 Å². The maximum absolute atomic E-state index is 12.9. The van der Waals surface area contributed by atoms with Crippen molar-refractivity contribution in [2.75, 3.05) is 0 Å². The molecule has 195 valence electrons. The Morgan fingerprint density at radius 3 is 1.38 bits per heavy atom. The monoisotopic (exact) mass is 694 g/mol. The third-order valence-corrected chi connectivity index (χ3v) is 8.59. The molecule has 0 spiro atoms. The van der Waals surface area contributed by atoms with Crippen LogP contribution in [-0.4, -0.2) is 8.42 Å². The number of nitrogens with two attached hydrogens (primary N) is 1. The number of benzene rings is 3. The minimum absolute atomic E-state index is 0. The Labute approximate surface area is 237 Å². The van der Waals surface area contributed by atoms with E-state index in [0.29, 0.717) is 0 Å². The molecule has 0 aromatic heterocycles. The van der Waals surface area contributed by atoms with Gasteiger partial charge in [0.05, 0.1) is 17.0 Å². The molecule has 0 heterocycles. The summed E-state index contributed by atoms with van der Waals surface area (Å²) in [5.41, 5.74) is 9.15. The van der Waals surface area contributed by atoms with E-state index in [0.717, 1.165) is 16.7 Å². The molecule has 0 aliphatic heterocycles. The van der Waals surface area contributed by atoms with Crippen molar-refractivity contribution in [2.24, 2.45) is 5.73 Å². The number of nitrogens with one attached hydrogen (secondary N) is 1. The molecule has 5 radical (unpaired) electrons. The maximum Gasteiger partial charge on any atom is 3.00 e. The van der Waals surface area contributed by atoms with Gasteiger partial charge in [-0.2, -0.15) is 0 Å². The molecule has 1 saturated carbocycles. The molecule has 3 aromatic carbocycles. The van der Waals surface area contributed by atoms with E-state index in [1.54, 1.807) is 24.3 Å². The van der Waals surface area contributed by atoms with Crippen LogP contribution < -0.4 is 10.5 Å². The SMILES string of the molecule is C[C]1[C](C)[C](C)[C](C)[C]1C.Cc1ccc(S(=O)(=O)N[C@@H](c2ccccc2)[C@@H](N)c2ccccc2)cc1.[Ir+3]. The first kappa shape index (κ1) is 31.4. The zero-order valence-electron chi connectivity index (χ0n) is 22.4. The van der Waals surface area contributed by atoms with Crippen molar-refractivity contribution in [1.29, 1.82) is 0 Å². The molecule has 0 amide bonds. The van der Waals surface area contributed by atoms with E-state index in [1.165, 1.54) is 29.6 Å². The third-order valence-electron chi connectivity index (χ3n) is 7.13. The Morgan fingerprint density at radius 1 is 0.595 bits per heavy atom. The molecule has 3 aromatic rings. The van der Waals surface area contributed by atoms with Crippen LogP contribution in [0.2, 0.25) is 0 Å². The summed E-state index contributed by atoms with van der Waals surface area (Å²) in [5.74, 6) is 7.34. The van der Waals surface area contributed by atoms with E-state index in [1.807, 2.05) is 67.6 Å². The summed E-state index contributed by atoms with van der Waals surface area (Å²) in [6.07, 6.45) is 0. The van der Waals surface area contributed by atoms with Crippen LogP contribution in [0.1, 0.15) is 63.4 Å². The van der Waals surface area contributed by atoms with Gasteiger partial charge in [-0.3, -0.25) is 0 Å². The van der Waals surface area contributed by atoms with Crippen molar-refractivity contribution in [3.8, 4) is 0 Å². The molecule has 37 heavy (non-hydrogen) atoms. The van der Waals surface area contributed by atoms with Crippen molar-refractivity contribution in [3.05, 3.63) is 131 Å². The van der Waals surface area contributed by atoms with Crippen molar-refractivity contribution in [2.45, 2.75) is 58.5 Å². The molecule has 0 bridgehead atoms. The van der Waals surface area contributed by atoms with E-state index in [4.69, 9.17) is 5.73 Å². The topological polar surface area (TPSA) is 72.2 Å². The summed E-state index contributed by atoms with van der Waals surface area (Å²) in [6, 6.07) is 24.6. The minimum Gasteiger partial charge on any atom is -0.322 e. The van der Waals surface area contributed by atoms with Gasteiger partial charge in [0, 0.05) is 0 Å². The van der Waals surface area contributed by atoms with Crippen LogP contribution in [0.4, 0.5) is 0 Å². The summed E-state index contributed by atoms with van der Waals surface area (Å²) in [6.45, 7) is 12.9. The fourth-order valence-electron chi connectivity index (χ4n) is 4.24. The van der Waals surface area contributed by atoms with Gasteiger partial charge in [-0.25, -0.2) is 13.1 Å². The first-order valence-corrected chi connectivity index (χ1v) is 13.7. The van der Waals surface area contributed by atoms with Crippen molar-refractivity contribution < 1.29 is 28.5 Å². The van der Waals surface area contributed by atoms with Crippen LogP contribution in [-0.2, 0) is 30.1 Å². The summed E-state index contributed by atoms with van der Waals surface area (Å²) >= 11 is 0. The molecule has 1 fully saturated rings. The van der Waals surface area contributed by atoms with Crippen molar-refractivity contribution >= 4 is 10.0 Å². The number of hydrogen-bond acceptors (Lipinski definition) is 3. The predicted molar refractivity (Wildman–Crippen MR) is 149 cm³/mol. The van der Waals surface area contributed by atoms with Gasteiger partial charge in [-0.15, -0.1) is 0 Å². The summed E-state index contributed by atoms with van der Waals surface area (Å²) in [5, 5.41) is 0. The molecular weight excluding hydrogens is 657 g/mol. The average Bonchev–Trinajstić information content (AvgIpc) is 3.06. The normalized spacial score (nSPS) is 17.5. The first-order valence-electron chi connectivity index (χ1n) is 12.2. The third kappa shape index (κ3) is 7.84. The van der Waals surface area contributed by atoms with Gasteiger partial charge in [0.15, 0.2) is 0 Å². The molecule has 6 heteroatoms. The fraction of sp³-hybridized carbons (Fsp3) is 0.258. The van der Waals surface area contributed by atoms with E-state index in [2.05, 4.69) is 39.3 Å². The van der Waals surface area contributed by atoms with Gasteiger partial charge < -0.3 is 5.73 Å². The number of hydrogen-bond donors (Lipinski definition) is 2. The maximum atomic E-state index is 12.9. The van der Waals surface area contributed by atoms with E-state index in [9.17, 15) is 8.42 Å². The molecule has 4 nitrogen and oxygen atoms in total. The Morgan fingerprint density at radius 2 is 0.973 bits per heavy atom. The largest absolute Gasteiger partial charge is 3.00 e. The summed E-state index contributed by atoms with van der Waals surface area (Å²) in [4.78, 5) is 0.226. The zero-order valence-corrected chi connectivity index (χ0v) is 25.6. The predicted octanol–water partition coefficient (Wildman–Crippen LogP) is 6.68. The van der Waals surface area contributed by atoms with Crippen LogP contribution in [0.3, 0.4) is 0 Å². The van der Waals surface area contributed by atoms with Gasteiger partial charge in [-0.05, 0) is 59.8 Å². The number of aryl methyl sites for hydroxylation is 1. The standard InChI is InChI=1S/C21H22N2O2S.C10H15.Ir/c1-16-12-14-19(15-13-16)26(24,25)23-21(18-10-6-3-7-11-18)20(22)17-8-4-2-5-9-17;1-6-7(2)9(4)10(5)8(6)3;/h2-15,20-21,23H,22H2,1H3;1-5H3;/q;;+3/t20-,21-;;/m0../s1. The fourth-order valence-corrected chi connectivity index (χ4v) is 5.48. The first-order chi connectivity index (χ1) is 17.0. The second kappa shape index (κ2) is 13.8. The van der Waals surface area contributed by atoms with Crippen LogP contribution in [0.25, 0.3) is 0 Å². The van der Waals surface area contributed by atoms with Crippen LogP contribution in [0.5, 0.6) is 0 Å². The Balaban J connectivity index is 0.000000369. The Bertz CT molecular complexity index is 1140. The van der Waals surface area contributed by atoms with Gasteiger partial charge in [-0.1, -0.05) is 113 Å². The quantitative estimate of drug-likeness (QED) is 0.303.